The molecule has 1 atom stereocenters. The molecule has 82 valence electrons. The number of halogens is 1. The summed E-state index contributed by atoms with van der Waals surface area (Å²) in [5.74, 6) is 0.493. The fourth-order valence-corrected chi connectivity index (χ4v) is 2.45. The monoisotopic (exact) mass is 274 g/mol. The van der Waals surface area contributed by atoms with Crippen molar-refractivity contribution < 1.29 is 0 Å². The second-order valence-corrected chi connectivity index (χ2v) is 4.81. The number of rotatable bonds is 5. The van der Waals surface area contributed by atoms with Crippen LogP contribution in [-0.4, -0.2) is 7.85 Å². The summed E-state index contributed by atoms with van der Waals surface area (Å²) in [7, 11) is 5.86. The zero-order valence-corrected chi connectivity index (χ0v) is 11.2. The quantitative estimate of drug-likeness (QED) is 0.551. The van der Waals surface area contributed by atoms with Gasteiger partial charge in [0.25, 0.3) is 0 Å². The van der Waals surface area contributed by atoms with Crippen molar-refractivity contribution in [2.75, 3.05) is 0 Å². The average Bonchev–Trinajstić information content (AvgIpc) is 2.27. The van der Waals surface area contributed by atoms with Crippen LogP contribution >= 0.6 is 15.9 Å². The van der Waals surface area contributed by atoms with Crippen molar-refractivity contribution in [3.8, 4) is 0 Å². The maximum Gasteiger partial charge on any atom is 0.0661 e. The smallest absolute Gasteiger partial charge is 0.0661 e. The highest BCUT2D eigenvalue weighted by atomic mass is 79.9. The van der Waals surface area contributed by atoms with Crippen molar-refractivity contribution >= 4 is 23.8 Å². The predicted octanol–water partition coefficient (Wildman–Crippen LogP) is 4.42. The molecule has 2 heteroatoms. The summed E-state index contributed by atoms with van der Waals surface area (Å²) in [6.07, 6.45) is 4.42. The highest BCUT2D eigenvalue weighted by Crippen LogP contribution is 2.32. The topological polar surface area (TPSA) is 0 Å². The Balaban J connectivity index is 3.12. The predicted molar refractivity (Wildman–Crippen MR) is 76.1 cm³/mol. The Morgan fingerprint density at radius 1 is 1.38 bits per heavy atom. The Morgan fingerprint density at radius 2 is 2.00 bits per heavy atom. The summed E-state index contributed by atoms with van der Waals surface area (Å²) in [5, 5.41) is 0. The van der Waals surface area contributed by atoms with Gasteiger partial charge in [0, 0.05) is 10.4 Å². The molecule has 0 saturated heterocycles. The lowest BCUT2D eigenvalue weighted by Crippen LogP contribution is -2.09. The molecule has 0 aliphatic heterocycles. The molecule has 1 aromatic rings. The normalized spacial score (nSPS) is 12.4. The van der Waals surface area contributed by atoms with Crippen LogP contribution in [0.3, 0.4) is 0 Å². The summed E-state index contributed by atoms with van der Waals surface area (Å²) in [6.45, 7) is 9.78. The van der Waals surface area contributed by atoms with E-state index < -0.39 is 0 Å². The minimum Gasteiger partial charge on any atom is -0.102 e. The molecule has 1 aromatic carbocycles. The van der Waals surface area contributed by atoms with Gasteiger partial charge in [0.2, 0.25) is 0 Å². The molecule has 0 bridgehead atoms. The van der Waals surface area contributed by atoms with Gasteiger partial charge in [-0.1, -0.05) is 40.5 Å². The summed E-state index contributed by atoms with van der Waals surface area (Å²) in [6, 6.07) is 6.28. The van der Waals surface area contributed by atoms with Crippen LogP contribution in [0.25, 0.3) is 0 Å². The SMILES string of the molecule is [B]CC(c1ccc(Br)cc1C)C(C=C)C=C. The molecule has 0 N–H and O–H groups in total. The third-order valence-corrected chi connectivity index (χ3v) is 3.39. The molecule has 1 unspecified atom stereocenters. The largest absolute Gasteiger partial charge is 0.102 e. The van der Waals surface area contributed by atoms with Crippen LogP contribution in [0.5, 0.6) is 0 Å². The van der Waals surface area contributed by atoms with Gasteiger partial charge in [-0.15, -0.1) is 13.2 Å². The van der Waals surface area contributed by atoms with Crippen LogP contribution in [0.2, 0.25) is 6.32 Å². The standard InChI is InChI=1S/C14H16BBr/c1-4-11(5-2)14(9-15)13-7-6-12(16)8-10(13)3/h4-8,11,14H,1-2,9H2,3H3. The van der Waals surface area contributed by atoms with Crippen molar-refractivity contribution in [1.29, 1.82) is 0 Å². The van der Waals surface area contributed by atoms with Crippen LogP contribution in [-0.2, 0) is 0 Å². The van der Waals surface area contributed by atoms with Crippen molar-refractivity contribution in [2.24, 2.45) is 5.92 Å². The number of allylic oxidation sites excluding steroid dienone is 2. The maximum atomic E-state index is 5.86. The number of hydrogen-bond donors (Lipinski definition) is 0. The van der Waals surface area contributed by atoms with Crippen LogP contribution < -0.4 is 0 Å². The Bertz CT molecular complexity index is 376. The third-order valence-electron chi connectivity index (χ3n) is 2.89. The fourth-order valence-electron chi connectivity index (χ4n) is 1.97. The van der Waals surface area contributed by atoms with Gasteiger partial charge in [0.15, 0.2) is 0 Å². The molecule has 0 nitrogen and oxygen atoms in total. The number of hydrogen-bond acceptors (Lipinski definition) is 0. The molecule has 1 rings (SSSR count). The second-order valence-electron chi connectivity index (χ2n) is 3.89. The summed E-state index contributed by atoms with van der Waals surface area (Å²) in [5.41, 5.74) is 2.52. The molecule has 16 heavy (non-hydrogen) atoms. The van der Waals surface area contributed by atoms with Gasteiger partial charge in [-0.25, -0.2) is 0 Å². The van der Waals surface area contributed by atoms with Gasteiger partial charge in [0.1, 0.15) is 0 Å². The molecule has 0 aliphatic rings. The first-order chi connectivity index (χ1) is 7.63. The summed E-state index contributed by atoms with van der Waals surface area (Å²) < 4.78 is 1.10. The van der Waals surface area contributed by atoms with E-state index >= 15 is 0 Å². The van der Waals surface area contributed by atoms with Gasteiger partial charge in [-0.3, -0.25) is 0 Å². The number of aryl methyl sites for hydroxylation is 1. The van der Waals surface area contributed by atoms with E-state index in [0.29, 0.717) is 6.32 Å². The molecule has 0 aliphatic carbocycles. The molecule has 0 fully saturated rings. The zero-order valence-electron chi connectivity index (χ0n) is 9.62. The lowest BCUT2D eigenvalue weighted by Gasteiger charge is -2.23. The van der Waals surface area contributed by atoms with Gasteiger partial charge in [0.05, 0.1) is 7.85 Å². The van der Waals surface area contributed by atoms with E-state index in [-0.39, 0.29) is 11.8 Å². The van der Waals surface area contributed by atoms with E-state index in [4.69, 9.17) is 7.85 Å². The van der Waals surface area contributed by atoms with Crippen molar-refractivity contribution in [2.45, 2.75) is 19.2 Å². The second kappa shape index (κ2) is 6.10. The van der Waals surface area contributed by atoms with E-state index in [1.807, 2.05) is 18.2 Å². The van der Waals surface area contributed by atoms with Crippen LogP contribution in [0.1, 0.15) is 17.0 Å². The first-order valence-corrected chi connectivity index (χ1v) is 6.14. The van der Waals surface area contributed by atoms with E-state index in [1.54, 1.807) is 0 Å². The van der Waals surface area contributed by atoms with Gasteiger partial charge >= 0.3 is 0 Å². The Kier molecular flexibility index (Phi) is 5.07. The molecule has 2 radical (unpaired) electrons. The third kappa shape index (κ3) is 2.88. The molecular formula is C14H16BBr. The lowest BCUT2D eigenvalue weighted by atomic mass is 9.76. The van der Waals surface area contributed by atoms with Crippen molar-refractivity contribution in [3.05, 3.63) is 59.1 Å². The molecule has 0 spiro atoms. The van der Waals surface area contributed by atoms with E-state index in [9.17, 15) is 0 Å². The Labute approximate surface area is 108 Å². The van der Waals surface area contributed by atoms with Gasteiger partial charge < -0.3 is 0 Å². The Hall–Kier alpha value is -0.755. The first kappa shape index (κ1) is 13.3. The van der Waals surface area contributed by atoms with E-state index in [1.165, 1.54) is 11.1 Å². The summed E-state index contributed by atoms with van der Waals surface area (Å²) >= 11 is 3.47. The van der Waals surface area contributed by atoms with Crippen molar-refractivity contribution in [1.82, 2.24) is 0 Å². The van der Waals surface area contributed by atoms with Crippen LogP contribution in [0.4, 0.5) is 0 Å². The molecule has 0 saturated carbocycles. The fraction of sp³-hybridized carbons (Fsp3) is 0.286. The minimum absolute atomic E-state index is 0.227. The molecular weight excluding hydrogens is 259 g/mol. The molecule has 0 heterocycles. The molecule has 0 amide bonds. The highest BCUT2D eigenvalue weighted by Gasteiger charge is 2.17. The minimum atomic E-state index is 0.227. The Morgan fingerprint density at radius 3 is 2.44 bits per heavy atom. The van der Waals surface area contributed by atoms with Crippen molar-refractivity contribution in [3.63, 3.8) is 0 Å². The lowest BCUT2D eigenvalue weighted by molar-refractivity contribution is 0.645. The van der Waals surface area contributed by atoms with Gasteiger partial charge in [-0.2, -0.15) is 0 Å². The summed E-state index contributed by atoms with van der Waals surface area (Å²) in [4.78, 5) is 0. The highest BCUT2D eigenvalue weighted by molar-refractivity contribution is 9.10. The average molecular weight is 275 g/mol. The van der Waals surface area contributed by atoms with Crippen LogP contribution in [0.15, 0.2) is 48.0 Å². The molecule has 0 aromatic heterocycles. The van der Waals surface area contributed by atoms with Crippen LogP contribution in [0, 0.1) is 12.8 Å². The van der Waals surface area contributed by atoms with E-state index in [2.05, 4.69) is 48.1 Å². The van der Waals surface area contributed by atoms with E-state index in [0.717, 1.165) is 4.47 Å². The first-order valence-electron chi connectivity index (χ1n) is 5.35. The number of benzene rings is 1. The van der Waals surface area contributed by atoms with Gasteiger partial charge in [-0.05, 0) is 36.1 Å². The maximum absolute atomic E-state index is 5.86. The zero-order chi connectivity index (χ0) is 12.1.